The first-order chi connectivity index (χ1) is 9.34. The van der Waals surface area contributed by atoms with Gasteiger partial charge in [0.2, 0.25) is 5.56 Å². The molecule has 0 N–H and O–H groups in total. The minimum Gasteiger partial charge on any atom is -0.335 e. The highest BCUT2D eigenvalue weighted by Gasteiger charge is 2.34. The molecular formula is C13H18N2O4S. The van der Waals surface area contributed by atoms with E-state index in [1.807, 2.05) is 6.92 Å². The maximum absolute atomic E-state index is 12.5. The van der Waals surface area contributed by atoms with Gasteiger partial charge in [0.15, 0.2) is 9.84 Å². The summed E-state index contributed by atoms with van der Waals surface area (Å²) in [5.41, 5.74) is 0.214. The molecule has 1 unspecified atom stereocenters. The van der Waals surface area contributed by atoms with Crippen LogP contribution in [0.25, 0.3) is 0 Å². The third-order valence-corrected chi connectivity index (χ3v) is 5.33. The highest BCUT2D eigenvalue weighted by atomic mass is 32.2. The van der Waals surface area contributed by atoms with Crippen LogP contribution in [0.3, 0.4) is 0 Å². The molecule has 0 spiro atoms. The van der Waals surface area contributed by atoms with Crippen LogP contribution < -0.4 is 5.56 Å². The van der Waals surface area contributed by atoms with E-state index in [0.717, 1.165) is 0 Å². The quantitative estimate of drug-likeness (QED) is 0.789. The van der Waals surface area contributed by atoms with Gasteiger partial charge in [0.1, 0.15) is 0 Å². The predicted molar refractivity (Wildman–Crippen MR) is 75.5 cm³/mol. The van der Waals surface area contributed by atoms with Crippen molar-refractivity contribution in [3.63, 3.8) is 0 Å². The van der Waals surface area contributed by atoms with E-state index >= 15 is 0 Å². The van der Waals surface area contributed by atoms with Gasteiger partial charge >= 0.3 is 0 Å². The third kappa shape index (κ3) is 2.92. The van der Waals surface area contributed by atoms with Gasteiger partial charge < -0.3 is 9.47 Å². The number of aromatic nitrogens is 1. The van der Waals surface area contributed by atoms with Gasteiger partial charge in [0.05, 0.1) is 17.1 Å². The molecule has 20 heavy (non-hydrogen) atoms. The molecule has 2 rings (SSSR count). The van der Waals surface area contributed by atoms with Crippen molar-refractivity contribution >= 4 is 15.7 Å². The van der Waals surface area contributed by atoms with Crippen molar-refractivity contribution in [2.45, 2.75) is 19.4 Å². The molecule has 1 aliphatic heterocycles. The standard InChI is InChI=1S/C13H18N2O4S/c1-3-15(11-6-7-20(18,19)9-11)13(17)10-4-5-12(16)14(2)8-10/h4-5,8,11H,3,6-7,9H2,1-2H3. The molecule has 110 valence electrons. The first kappa shape index (κ1) is 14.8. The number of amides is 1. The molecule has 0 aromatic carbocycles. The SMILES string of the molecule is CCN(C(=O)c1ccc(=O)n(C)c1)C1CCS(=O)(=O)C1. The molecule has 0 radical (unpaired) electrons. The zero-order valence-corrected chi connectivity index (χ0v) is 12.4. The Morgan fingerprint density at radius 1 is 1.45 bits per heavy atom. The molecule has 0 aliphatic carbocycles. The van der Waals surface area contributed by atoms with E-state index in [4.69, 9.17) is 0 Å². The number of rotatable bonds is 3. The van der Waals surface area contributed by atoms with Crippen molar-refractivity contribution < 1.29 is 13.2 Å². The summed E-state index contributed by atoms with van der Waals surface area (Å²) in [5, 5.41) is 0. The third-order valence-electron chi connectivity index (χ3n) is 3.58. The molecule has 7 heteroatoms. The van der Waals surface area contributed by atoms with Crippen LogP contribution >= 0.6 is 0 Å². The molecule has 1 atom stereocenters. The van der Waals surface area contributed by atoms with Crippen molar-refractivity contribution in [2.75, 3.05) is 18.1 Å². The molecule has 1 saturated heterocycles. The van der Waals surface area contributed by atoms with Crippen molar-refractivity contribution in [3.8, 4) is 0 Å². The van der Waals surface area contributed by atoms with Crippen LogP contribution in [0.5, 0.6) is 0 Å². The molecule has 0 saturated carbocycles. The zero-order valence-electron chi connectivity index (χ0n) is 11.6. The lowest BCUT2D eigenvalue weighted by Gasteiger charge is -2.27. The fourth-order valence-corrected chi connectivity index (χ4v) is 4.21. The van der Waals surface area contributed by atoms with Crippen LogP contribution in [-0.4, -0.2) is 47.9 Å². The summed E-state index contributed by atoms with van der Waals surface area (Å²) in [4.78, 5) is 25.4. The number of pyridine rings is 1. The van der Waals surface area contributed by atoms with E-state index in [1.54, 1.807) is 11.9 Å². The number of hydrogen-bond acceptors (Lipinski definition) is 4. The van der Waals surface area contributed by atoms with Gasteiger partial charge in [-0.1, -0.05) is 0 Å². The molecule has 6 nitrogen and oxygen atoms in total. The van der Waals surface area contributed by atoms with Gasteiger partial charge in [0, 0.05) is 31.9 Å². The number of aryl methyl sites for hydroxylation is 1. The molecule has 1 amide bonds. The summed E-state index contributed by atoms with van der Waals surface area (Å²) < 4.78 is 24.4. The van der Waals surface area contributed by atoms with Gasteiger partial charge in [-0.25, -0.2) is 8.42 Å². The summed E-state index contributed by atoms with van der Waals surface area (Å²) >= 11 is 0. The second-order valence-electron chi connectivity index (χ2n) is 5.01. The lowest BCUT2D eigenvalue weighted by Crippen LogP contribution is -2.41. The average molecular weight is 298 g/mol. The summed E-state index contributed by atoms with van der Waals surface area (Å²) in [7, 11) is -1.45. The summed E-state index contributed by atoms with van der Waals surface area (Å²) in [6.07, 6.45) is 1.96. The van der Waals surface area contributed by atoms with Crippen LogP contribution in [0.15, 0.2) is 23.1 Å². The molecule has 1 aromatic rings. The van der Waals surface area contributed by atoms with E-state index in [0.29, 0.717) is 18.5 Å². The number of nitrogens with zero attached hydrogens (tertiary/aromatic N) is 2. The molecule has 2 heterocycles. The van der Waals surface area contributed by atoms with Gasteiger partial charge in [-0.15, -0.1) is 0 Å². The van der Waals surface area contributed by atoms with Crippen LogP contribution in [0.1, 0.15) is 23.7 Å². The summed E-state index contributed by atoms with van der Waals surface area (Å²) in [5.74, 6) is -0.0715. The highest BCUT2D eigenvalue weighted by molar-refractivity contribution is 7.91. The first-order valence-corrected chi connectivity index (χ1v) is 8.34. The molecule has 1 aromatic heterocycles. The smallest absolute Gasteiger partial charge is 0.255 e. The van der Waals surface area contributed by atoms with E-state index in [2.05, 4.69) is 0 Å². The Balaban J connectivity index is 2.25. The summed E-state index contributed by atoms with van der Waals surface area (Å²) in [6.45, 7) is 2.27. The van der Waals surface area contributed by atoms with E-state index in [1.165, 1.54) is 22.9 Å². The Kier molecular flexibility index (Phi) is 3.99. The number of carbonyl (C=O) groups is 1. The largest absolute Gasteiger partial charge is 0.335 e. The maximum Gasteiger partial charge on any atom is 0.255 e. The number of hydrogen-bond donors (Lipinski definition) is 0. The maximum atomic E-state index is 12.5. The van der Waals surface area contributed by atoms with Crippen molar-refractivity contribution in [1.82, 2.24) is 9.47 Å². The lowest BCUT2D eigenvalue weighted by atomic mass is 10.1. The lowest BCUT2D eigenvalue weighted by molar-refractivity contribution is 0.0707. The van der Waals surface area contributed by atoms with Gasteiger partial charge in [-0.3, -0.25) is 9.59 Å². The van der Waals surface area contributed by atoms with Gasteiger partial charge in [0.25, 0.3) is 5.91 Å². The Hall–Kier alpha value is -1.63. The Bertz CT molecular complexity index is 678. The molecule has 0 bridgehead atoms. The highest BCUT2D eigenvalue weighted by Crippen LogP contribution is 2.19. The van der Waals surface area contributed by atoms with Crippen LogP contribution in [0.4, 0.5) is 0 Å². The van der Waals surface area contributed by atoms with Crippen molar-refractivity contribution in [1.29, 1.82) is 0 Å². The van der Waals surface area contributed by atoms with Crippen molar-refractivity contribution in [3.05, 3.63) is 34.2 Å². The van der Waals surface area contributed by atoms with Crippen LogP contribution in [-0.2, 0) is 16.9 Å². The minimum atomic E-state index is -3.03. The number of carbonyl (C=O) groups excluding carboxylic acids is 1. The average Bonchev–Trinajstić information content (AvgIpc) is 2.74. The predicted octanol–water partition coefficient (Wildman–Crippen LogP) is 0.0345. The molecule has 1 aliphatic rings. The minimum absolute atomic E-state index is 0.0261. The summed E-state index contributed by atoms with van der Waals surface area (Å²) in [6, 6.07) is 2.55. The second-order valence-corrected chi connectivity index (χ2v) is 7.24. The topological polar surface area (TPSA) is 76.5 Å². The fraction of sp³-hybridized carbons (Fsp3) is 0.538. The second kappa shape index (κ2) is 5.40. The van der Waals surface area contributed by atoms with Crippen LogP contribution in [0, 0.1) is 0 Å². The van der Waals surface area contributed by atoms with E-state index < -0.39 is 9.84 Å². The van der Waals surface area contributed by atoms with Crippen LogP contribution in [0.2, 0.25) is 0 Å². The van der Waals surface area contributed by atoms with Crippen molar-refractivity contribution in [2.24, 2.45) is 7.05 Å². The zero-order chi connectivity index (χ0) is 14.9. The number of sulfone groups is 1. The molecular weight excluding hydrogens is 280 g/mol. The Labute approximate surface area is 117 Å². The first-order valence-electron chi connectivity index (χ1n) is 6.52. The Morgan fingerprint density at radius 3 is 2.65 bits per heavy atom. The normalized spacial score (nSPS) is 20.8. The van der Waals surface area contributed by atoms with E-state index in [9.17, 15) is 18.0 Å². The van der Waals surface area contributed by atoms with Gasteiger partial charge in [-0.2, -0.15) is 0 Å². The van der Waals surface area contributed by atoms with Gasteiger partial charge in [-0.05, 0) is 19.4 Å². The monoisotopic (exact) mass is 298 g/mol. The Morgan fingerprint density at radius 2 is 2.15 bits per heavy atom. The fourth-order valence-electron chi connectivity index (χ4n) is 2.48. The van der Waals surface area contributed by atoms with E-state index in [-0.39, 0.29) is 29.0 Å². The molecule has 1 fully saturated rings.